The molecule has 4 nitrogen and oxygen atoms in total. The summed E-state index contributed by atoms with van der Waals surface area (Å²) in [6.45, 7) is 0.168. The lowest BCUT2D eigenvalue weighted by Gasteiger charge is -2.07. The van der Waals surface area contributed by atoms with E-state index in [0.717, 1.165) is 0 Å². The van der Waals surface area contributed by atoms with Gasteiger partial charge in [0.15, 0.2) is 0 Å². The molecule has 0 saturated carbocycles. The van der Waals surface area contributed by atoms with Crippen LogP contribution in [0.5, 0.6) is 5.75 Å². The summed E-state index contributed by atoms with van der Waals surface area (Å²) in [6, 6.07) is 13.4. The van der Waals surface area contributed by atoms with Crippen LogP contribution in [0.1, 0.15) is 5.56 Å². The Morgan fingerprint density at radius 3 is 2.60 bits per heavy atom. The minimum atomic E-state index is -0.584. The van der Waals surface area contributed by atoms with Crippen molar-refractivity contribution in [1.82, 2.24) is 0 Å². The Balaban J connectivity index is 2.16. The first-order chi connectivity index (χ1) is 12.0. The fourth-order valence-electron chi connectivity index (χ4n) is 1.88. The Kier molecular flexibility index (Phi) is 6.48. The number of amides is 1. The number of nitriles is 1. The average molecular weight is 371 g/mol. The number of nitrogens with zero attached hydrogens (tertiary/aromatic N) is 1. The highest BCUT2D eigenvalue weighted by Crippen LogP contribution is 2.26. The normalized spacial score (nSPS) is 10.5. The van der Waals surface area contributed by atoms with Crippen molar-refractivity contribution in [2.24, 2.45) is 0 Å². The Hall–Kier alpha value is -2.92. The molecule has 2 aromatic rings. The number of benzene rings is 2. The van der Waals surface area contributed by atoms with E-state index in [0.29, 0.717) is 27.0 Å². The molecule has 0 aliphatic heterocycles. The highest BCUT2D eigenvalue weighted by atomic mass is 35.5. The number of carbonyl (C=O) groups is 1. The number of ether oxygens (including phenoxy) is 1. The number of anilines is 1. The SMILES string of the molecule is C#CCOc1ccc(/C=C(\C#N)C(=O)Nc2cc(Cl)ccc2Cl)cc1. The second-order valence-corrected chi connectivity index (χ2v) is 5.65. The monoisotopic (exact) mass is 370 g/mol. The van der Waals surface area contributed by atoms with E-state index in [4.69, 9.17) is 34.4 Å². The third-order valence-electron chi connectivity index (χ3n) is 3.05. The molecule has 0 saturated heterocycles. The van der Waals surface area contributed by atoms with Gasteiger partial charge in [-0.2, -0.15) is 5.26 Å². The fourth-order valence-corrected chi connectivity index (χ4v) is 2.22. The molecule has 6 heteroatoms. The zero-order chi connectivity index (χ0) is 18.2. The molecule has 0 spiro atoms. The predicted molar refractivity (Wildman–Crippen MR) is 99.5 cm³/mol. The lowest BCUT2D eigenvalue weighted by Crippen LogP contribution is -2.13. The van der Waals surface area contributed by atoms with Crippen LogP contribution in [0, 0.1) is 23.7 Å². The van der Waals surface area contributed by atoms with Crippen LogP contribution in [-0.2, 0) is 4.79 Å². The van der Waals surface area contributed by atoms with E-state index in [2.05, 4.69) is 11.2 Å². The van der Waals surface area contributed by atoms with Gasteiger partial charge >= 0.3 is 0 Å². The van der Waals surface area contributed by atoms with Crippen molar-refractivity contribution >= 4 is 40.9 Å². The van der Waals surface area contributed by atoms with Gasteiger partial charge in [-0.05, 0) is 42.0 Å². The maximum absolute atomic E-state index is 12.3. The summed E-state index contributed by atoms with van der Waals surface area (Å²) in [5, 5.41) is 12.6. The Morgan fingerprint density at radius 1 is 1.24 bits per heavy atom. The van der Waals surface area contributed by atoms with Gasteiger partial charge in [0.2, 0.25) is 0 Å². The fraction of sp³-hybridized carbons (Fsp3) is 0.0526. The van der Waals surface area contributed by atoms with Crippen molar-refractivity contribution < 1.29 is 9.53 Å². The molecule has 0 aromatic heterocycles. The maximum Gasteiger partial charge on any atom is 0.266 e. The summed E-state index contributed by atoms with van der Waals surface area (Å²) >= 11 is 11.9. The van der Waals surface area contributed by atoms with Gasteiger partial charge in [-0.1, -0.05) is 41.3 Å². The van der Waals surface area contributed by atoms with Gasteiger partial charge < -0.3 is 10.1 Å². The summed E-state index contributed by atoms with van der Waals surface area (Å²) in [6.07, 6.45) is 6.58. The smallest absolute Gasteiger partial charge is 0.266 e. The third kappa shape index (κ3) is 5.29. The highest BCUT2D eigenvalue weighted by molar-refractivity contribution is 6.36. The van der Waals surface area contributed by atoms with Gasteiger partial charge in [0, 0.05) is 5.02 Å². The number of nitrogens with one attached hydrogen (secondary N) is 1. The van der Waals surface area contributed by atoms with Crippen molar-refractivity contribution in [2.75, 3.05) is 11.9 Å². The van der Waals surface area contributed by atoms with Gasteiger partial charge in [0.1, 0.15) is 24.0 Å². The summed E-state index contributed by atoms with van der Waals surface area (Å²) in [7, 11) is 0. The van der Waals surface area contributed by atoms with Crippen LogP contribution in [0.15, 0.2) is 48.0 Å². The van der Waals surface area contributed by atoms with E-state index in [1.807, 2.05) is 6.07 Å². The van der Waals surface area contributed by atoms with Crippen LogP contribution in [0.2, 0.25) is 10.0 Å². The molecule has 1 N–H and O–H groups in total. The number of halogens is 2. The van der Waals surface area contributed by atoms with Crippen LogP contribution in [0.3, 0.4) is 0 Å². The van der Waals surface area contributed by atoms with E-state index in [-0.39, 0.29) is 12.2 Å². The van der Waals surface area contributed by atoms with Gasteiger partial charge in [-0.15, -0.1) is 6.42 Å². The topological polar surface area (TPSA) is 62.1 Å². The Morgan fingerprint density at radius 2 is 1.96 bits per heavy atom. The van der Waals surface area contributed by atoms with Crippen LogP contribution < -0.4 is 10.1 Å². The van der Waals surface area contributed by atoms with E-state index >= 15 is 0 Å². The molecule has 25 heavy (non-hydrogen) atoms. The van der Waals surface area contributed by atoms with Crippen molar-refractivity contribution in [3.8, 4) is 24.2 Å². The minimum Gasteiger partial charge on any atom is -0.481 e. The molecule has 0 aliphatic rings. The van der Waals surface area contributed by atoms with Crippen LogP contribution in [0.4, 0.5) is 5.69 Å². The molecule has 0 fully saturated rings. The highest BCUT2D eigenvalue weighted by Gasteiger charge is 2.12. The first kappa shape index (κ1) is 18.4. The third-order valence-corrected chi connectivity index (χ3v) is 3.62. The van der Waals surface area contributed by atoms with Gasteiger partial charge in [-0.25, -0.2) is 0 Å². The van der Waals surface area contributed by atoms with Gasteiger partial charge in [0.05, 0.1) is 10.7 Å². The number of carbonyl (C=O) groups excluding carboxylic acids is 1. The van der Waals surface area contributed by atoms with E-state index in [1.165, 1.54) is 12.1 Å². The maximum atomic E-state index is 12.3. The second-order valence-electron chi connectivity index (χ2n) is 4.81. The lowest BCUT2D eigenvalue weighted by molar-refractivity contribution is -0.112. The minimum absolute atomic E-state index is 0.0756. The molecule has 1 amide bonds. The summed E-state index contributed by atoms with van der Waals surface area (Å²) in [5.74, 6) is 2.39. The summed E-state index contributed by atoms with van der Waals surface area (Å²) in [4.78, 5) is 12.3. The molecule has 2 rings (SSSR count). The van der Waals surface area contributed by atoms with Crippen LogP contribution >= 0.6 is 23.2 Å². The summed E-state index contributed by atoms with van der Waals surface area (Å²) < 4.78 is 5.26. The van der Waals surface area contributed by atoms with Crippen molar-refractivity contribution in [2.45, 2.75) is 0 Å². The van der Waals surface area contributed by atoms with Crippen LogP contribution in [0.25, 0.3) is 6.08 Å². The quantitative estimate of drug-likeness (QED) is 0.477. The average Bonchev–Trinajstić information content (AvgIpc) is 2.61. The first-order valence-corrected chi connectivity index (χ1v) is 7.83. The van der Waals surface area contributed by atoms with E-state index in [1.54, 1.807) is 36.4 Å². The molecular weight excluding hydrogens is 359 g/mol. The number of terminal acetylenes is 1. The molecular formula is C19H12Cl2N2O2. The Bertz CT molecular complexity index is 891. The molecule has 0 heterocycles. The predicted octanol–water partition coefficient (Wildman–Crippen LogP) is 4.55. The molecule has 0 bridgehead atoms. The zero-order valence-corrected chi connectivity index (χ0v) is 14.4. The number of hydrogen-bond acceptors (Lipinski definition) is 3. The van der Waals surface area contributed by atoms with E-state index in [9.17, 15) is 10.1 Å². The van der Waals surface area contributed by atoms with Crippen molar-refractivity contribution in [3.05, 3.63) is 63.6 Å². The standard InChI is InChI=1S/C19H12Cl2N2O2/c1-2-9-25-16-6-3-13(4-7-16)10-14(12-22)19(24)23-18-11-15(20)5-8-17(18)21/h1,3-8,10-11H,9H2,(H,23,24)/b14-10+. The van der Waals surface area contributed by atoms with Crippen LogP contribution in [-0.4, -0.2) is 12.5 Å². The van der Waals surface area contributed by atoms with Gasteiger partial charge in [0.25, 0.3) is 5.91 Å². The second kappa shape index (κ2) is 8.80. The summed E-state index contributed by atoms with van der Waals surface area (Å²) in [5.41, 5.74) is 0.920. The Labute approximate surface area is 155 Å². The largest absolute Gasteiger partial charge is 0.481 e. The zero-order valence-electron chi connectivity index (χ0n) is 12.9. The van der Waals surface area contributed by atoms with Gasteiger partial charge in [-0.3, -0.25) is 4.79 Å². The number of rotatable bonds is 5. The number of hydrogen-bond donors (Lipinski definition) is 1. The van der Waals surface area contributed by atoms with Crippen molar-refractivity contribution in [1.29, 1.82) is 5.26 Å². The lowest BCUT2D eigenvalue weighted by atomic mass is 10.1. The molecule has 0 radical (unpaired) electrons. The molecule has 0 atom stereocenters. The molecule has 0 unspecified atom stereocenters. The van der Waals surface area contributed by atoms with E-state index < -0.39 is 5.91 Å². The first-order valence-electron chi connectivity index (χ1n) is 7.08. The molecule has 0 aliphatic carbocycles. The van der Waals surface area contributed by atoms with Crippen molar-refractivity contribution in [3.63, 3.8) is 0 Å². The molecule has 2 aromatic carbocycles. The molecule has 124 valence electrons.